The van der Waals surface area contributed by atoms with Crippen LogP contribution >= 0.6 is 0 Å². The fraction of sp³-hybridized carbons (Fsp3) is 0.529. The van der Waals surface area contributed by atoms with Crippen LogP contribution < -0.4 is 10.1 Å². The molecule has 1 N–H and O–H groups in total. The van der Waals surface area contributed by atoms with Gasteiger partial charge in [0, 0.05) is 18.7 Å². The molecular weight excluding hydrogens is 280 g/mol. The summed E-state index contributed by atoms with van der Waals surface area (Å²) in [6, 6.07) is 5.12. The van der Waals surface area contributed by atoms with Gasteiger partial charge in [0.1, 0.15) is 5.75 Å². The number of likely N-dealkylation sites (N-methyl/N-ethyl adjacent to an activating group) is 1. The maximum Gasteiger partial charge on any atom is 0.251 e. The highest BCUT2D eigenvalue weighted by Crippen LogP contribution is 2.49. The maximum absolute atomic E-state index is 12.3. The van der Waals surface area contributed by atoms with E-state index in [1.54, 1.807) is 18.2 Å². The highest BCUT2D eigenvalue weighted by atomic mass is 16.5. The SMILES string of the molecule is CCN(CC)CCNC(=O)c1ccc2c(c1)C(=O)C1(CC1)O2. The Morgan fingerprint density at radius 3 is 2.68 bits per heavy atom. The predicted octanol–water partition coefficient (Wildman–Crippen LogP) is 1.87. The van der Waals surface area contributed by atoms with E-state index in [1.807, 2.05) is 0 Å². The minimum Gasteiger partial charge on any atom is -0.478 e. The normalized spacial score (nSPS) is 17.5. The molecule has 0 aromatic heterocycles. The standard InChI is InChI=1S/C17H22N2O3/c1-3-19(4-2)10-9-18-16(21)12-5-6-14-13(11-12)15(20)17(22-14)7-8-17/h5-6,11H,3-4,7-10H2,1-2H3,(H,18,21). The van der Waals surface area contributed by atoms with Crippen molar-refractivity contribution in [2.75, 3.05) is 26.2 Å². The van der Waals surface area contributed by atoms with E-state index in [9.17, 15) is 9.59 Å². The van der Waals surface area contributed by atoms with Gasteiger partial charge in [-0.25, -0.2) is 0 Å². The summed E-state index contributed by atoms with van der Waals surface area (Å²) < 4.78 is 5.71. The molecule has 1 amide bonds. The van der Waals surface area contributed by atoms with Gasteiger partial charge in [0.15, 0.2) is 5.60 Å². The lowest BCUT2D eigenvalue weighted by Gasteiger charge is -2.17. The fourth-order valence-electron chi connectivity index (χ4n) is 2.85. The van der Waals surface area contributed by atoms with Gasteiger partial charge in [0.2, 0.25) is 5.78 Å². The molecule has 0 atom stereocenters. The largest absolute Gasteiger partial charge is 0.478 e. The summed E-state index contributed by atoms with van der Waals surface area (Å²) in [6.45, 7) is 7.58. The lowest BCUT2D eigenvalue weighted by Crippen LogP contribution is -2.34. The third-order valence-corrected chi connectivity index (χ3v) is 4.52. The van der Waals surface area contributed by atoms with Crippen molar-refractivity contribution in [1.29, 1.82) is 0 Å². The van der Waals surface area contributed by atoms with Gasteiger partial charge in [-0.2, -0.15) is 0 Å². The van der Waals surface area contributed by atoms with Gasteiger partial charge >= 0.3 is 0 Å². The van der Waals surface area contributed by atoms with Crippen LogP contribution in [0.1, 0.15) is 47.4 Å². The number of fused-ring (bicyclic) bond motifs is 1. The van der Waals surface area contributed by atoms with Gasteiger partial charge in [0.25, 0.3) is 5.91 Å². The quantitative estimate of drug-likeness (QED) is 0.871. The molecule has 1 spiro atoms. The average Bonchev–Trinajstić information content (AvgIpc) is 3.26. The second-order valence-electron chi connectivity index (χ2n) is 5.92. The minimum atomic E-state index is -0.597. The zero-order chi connectivity index (χ0) is 15.7. The molecule has 1 saturated carbocycles. The summed E-state index contributed by atoms with van der Waals surface area (Å²) >= 11 is 0. The van der Waals surface area contributed by atoms with E-state index in [1.165, 1.54) is 0 Å². The first-order chi connectivity index (χ1) is 10.6. The zero-order valence-electron chi connectivity index (χ0n) is 13.1. The molecule has 2 aliphatic rings. The molecule has 1 heterocycles. The molecule has 0 saturated heterocycles. The van der Waals surface area contributed by atoms with Crippen molar-refractivity contribution < 1.29 is 14.3 Å². The van der Waals surface area contributed by atoms with Gasteiger partial charge in [-0.3, -0.25) is 9.59 Å². The summed E-state index contributed by atoms with van der Waals surface area (Å²) in [5.41, 5.74) is 0.474. The Morgan fingerprint density at radius 1 is 1.32 bits per heavy atom. The highest BCUT2D eigenvalue weighted by Gasteiger charge is 2.57. The second-order valence-corrected chi connectivity index (χ2v) is 5.92. The van der Waals surface area contributed by atoms with Crippen molar-refractivity contribution in [3.63, 3.8) is 0 Å². The van der Waals surface area contributed by atoms with Crippen molar-refractivity contribution in [3.8, 4) is 5.75 Å². The van der Waals surface area contributed by atoms with Crippen molar-refractivity contribution in [2.24, 2.45) is 0 Å². The lowest BCUT2D eigenvalue weighted by molar-refractivity contribution is 0.0820. The van der Waals surface area contributed by atoms with Crippen molar-refractivity contribution in [2.45, 2.75) is 32.3 Å². The summed E-state index contributed by atoms with van der Waals surface area (Å²) in [7, 11) is 0. The molecule has 118 valence electrons. The van der Waals surface area contributed by atoms with Crippen LogP contribution in [0.2, 0.25) is 0 Å². The van der Waals surface area contributed by atoms with E-state index in [2.05, 4.69) is 24.1 Å². The number of carbonyl (C=O) groups is 2. The van der Waals surface area contributed by atoms with Crippen LogP contribution in [0.15, 0.2) is 18.2 Å². The van der Waals surface area contributed by atoms with E-state index in [0.29, 0.717) is 23.4 Å². The number of ketones is 1. The average molecular weight is 302 g/mol. The summed E-state index contributed by atoms with van der Waals surface area (Å²) in [6.07, 6.45) is 1.57. The Balaban J connectivity index is 1.63. The van der Waals surface area contributed by atoms with Crippen LogP contribution in [0, 0.1) is 0 Å². The van der Waals surface area contributed by atoms with Gasteiger partial charge in [-0.15, -0.1) is 0 Å². The lowest BCUT2D eigenvalue weighted by atomic mass is 10.0. The summed E-state index contributed by atoms with van der Waals surface area (Å²) in [5.74, 6) is 0.502. The third-order valence-electron chi connectivity index (χ3n) is 4.52. The Labute approximate surface area is 130 Å². The first-order valence-electron chi connectivity index (χ1n) is 7.98. The molecule has 5 nitrogen and oxygen atoms in total. The van der Waals surface area contributed by atoms with Crippen LogP contribution in [-0.4, -0.2) is 48.4 Å². The molecule has 3 rings (SSSR count). The number of carbonyl (C=O) groups excluding carboxylic acids is 2. The molecule has 5 heteroatoms. The first kappa shape index (κ1) is 15.0. The monoisotopic (exact) mass is 302 g/mol. The Bertz CT molecular complexity index is 604. The predicted molar refractivity (Wildman–Crippen MR) is 83.5 cm³/mol. The number of nitrogens with zero attached hydrogens (tertiary/aromatic N) is 1. The Morgan fingerprint density at radius 2 is 2.05 bits per heavy atom. The molecule has 0 unspecified atom stereocenters. The third kappa shape index (κ3) is 2.61. The fourth-order valence-corrected chi connectivity index (χ4v) is 2.85. The molecular formula is C17H22N2O3. The molecule has 22 heavy (non-hydrogen) atoms. The van der Waals surface area contributed by atoms with E-state index in [-0.39, 0.29) is 11.7 Å². The van der Waals surface area contributed by atoms with Gasteiger partial charge in [-0.05, 0) is 44.1 Å². The molecule has 1 fully saturated rings. The molecule has 0 radical (unpaired) electrons. The number of benzene rings is 1. The van der Waals surface area contributed by atoms with Crippen LogP contribution in [-0.2, 0) is 0 Å². The molecule has 0 bridgehead atoms. The first-order valence-corrected chi connectivity index (χ1v) is 7.98. The van der Waals surface area contributed by atoms with Crippen LogP contribution in [0.25, 0.3) is 0 Å². The summed E-state index contributed by atoms with van der Waals surface area (Å²) in [4.78, 5) is 26.7. The van der Waals surface area contributed by atoms with Gasteiger partial charge in [-0.1, -0.05) is 13.8 Å². The Kier molecular flexibility index (Phi) is 3.91. The number of amides is 1. The highest BCUT2D eigenvalue weighted by molar-refractivity contribution is 6.10. The van der Waals surface area contributed by atoms with Crippen molar-refractivity contribution >= 4 is 11.7 Å². The van der Waals surface area contributed by atoms with Gasteiger partial charge in [0.05, 0.1) is 5.56 Å². The molecule has 1 aromatic rings. The Hall–Kier alpha value is -1.88. The maximum atomic E-state index is 12.3. The van der Waals surface area contributed by atoms with Crippen LogP contribution in [0.4, 0.5) is 0 Å². The number of rotatable bonds is 6. The molecule has 1 aliphatic carbocycles. The van der Waals surface area contributed by atoms with Crippen molar-refractivity contribution in [3.05, 3.63) is 29.3 Å². The van der Waals surface area contributed by atoms with Crippen LogP contribution in [0.5, 0.6) is 5.75 Å². The van der Waals surface area contributed by atoms with E-state index in [4.69, 9.17) is 4.74 Å². The topological polar surface area (TPSA) is 58.6 Å². The van der Waals surface area contributed by atoms with E-state index < -0.39 is 5.60 Å². The zero-order valence-corrected chi connectivity index (χ0v) is 13.1. The minimum absolute atomic E-state index is 0.0280. The second kappa shape index (κ2) is 5.72. The van der Waals surface area contributed by atoms with Gasteiger partial charge < -0.3 is 15.0 Å². The van der Waals surface area contributed by atoms with Crippen LogP contribution in [0.3, 0.4) is 0 Å². The number of hydrogen-bond donors (Lipinski definition) is 1. The van der Waals surface area contributed by atoms with E-state index >= 15 is 0 Å². The molecule has 1 aliphatic heterocycles. The smallest absolute Gasteiger partial charge is 0.251 e. The van der Waals surface area contributed by atoms with E-state index in [0.717, 1.165) is 32.5 Å². The van der Waals surface area contributed by atoms with Crippen molar-refractivity contribution in [1.82, 2.24) is 10.2 Å². The summed E-state index contributed by atoms with van der Waals surface area (Å²) in [5, 5.41) is 2.91. The molecule has 1 aromatic carbocycles. The number of hydrogen-bond acceptors (Lipinski definition) is 4. The number of Topliss-reactive ketones (excluding diaryl/α,β-unsaturated/α-hetero) is 1. The number of ether oxygens (including phenoxy) is 1. The number of nitrogens with one attached hydrogen (secondary N) is 1.